The number of nitrogens with one attached hydrogen (secondary N) is 1. The van der Waals surface area contributed by atoms with Gasteiger partial charge in [-0.1, -0.05) is 13.0 Å². The first-order valence-electron chi connectivity index (χ1n) is 10.0. The Morgan fingerprint density at radius 2 is 2.19 bits per heavy atom. The Morgan fingerprint density at radius 1 is 1.35 bits per heavy atom. The van der Waals surface area contributed by atoms with Crippen LogP contribution in [0.25, 0.3) is 10.9 Å². The normalized spacial score (nSPS) is 18.9. The van der Waals surface area contributed by atoms with Gasteiger partial charge >= 0.3 is 0 Å². The van der Waals surface area contributed by atoms with E-state index in [0.29, 0.717) is 40.7 Å². The van der Waals surface area contributed by atoms with Crippen molar-refractivity contribution >= 4 is 40.7 Å². The van der Waals surface area contributed by atoms with E-state index in [-0.39, 0.29) is 35.4 Å². The molecule has 1 aliphatic heterocycles. The maximum Gasteiger partial charge on any atom is 0.272 e. The summed E-state index contributed by atoms with van der Waals surface area (Å²) in [6, 6.07) is 6.79. The fourth-order valence-corrected chi connectivity index (χ4v) is 4.29. The van der Waals surface area contributed by atoms with E-state index in [9.17, 15) is 3.89 Å². The fourth-order valence-electron chi connectivity index (χ4n) is 4.08. The molecule has 1 aromatic carbocycles. The van der Waals surface area contributed by atoms with E-state index in [1.54, 1.807) is 36.7 Å². The highest BCUT2D eigenvalue weighted by atomic mass is 32.2. The molecule has 0 spiro atoms. The molecule has 1 saturated heterocycles. The number of nitrogen functional groups attached to an aromatic ring is 1. The Labute approximate surface area is 184 Å². The van der Waals surface area contributed by atoms with Crippen molar-refractivity contribution in [1.29, 1.82) is 5.41 Å². The van der Waals surface area contributed by atoms with Crippen LogP contribution >= 0.6 is 12.4 Å². The predicted molar refractivity (Wildman–Crippen MR) is 122 cm³/mol. The number of fused-ring (bicyclic) bond motifs is 1. The second-order valence-corrected chi connectivity index (χ2v) is 7.99. The summed E-state index contributed by atoms with van der Waals surface area (Å²) in [5.74, 6) is 2.14. The van der Waals surface area contributed by atoms with Crippen LogP contribution in [0.1, 0.15) is 24.6 Å². The largest absolute Gasteiger partial charge is 0.395 e. The molecular weight excluding hydrogens is 417 g/mol. The van der Waals surface area contributed by atoms with Crippen LogP contribution in [0.2, 0.25) is 0 Å². The van der Waals surface area contributed by atoms with Crippen LogP contribution < -0.4 is 20.6 Å². The van der Waals surface area contributed by atoms with E-state index >= 15 is 0 Å². The van der Waals surface area contributed by atoms with Gasteiger partial charge in [0, 0.05) is 30.2 Å². The minimum absolute atomic E-state index is 0.115. The van der Waals surface area contributed by atoms with Crippen LogP contribution in [0, 0.1) is 17.2 Å². The number of benzene rings is 1. The van der Waals surface area contributed by atoms with Gasteiger partial charge in [0.15, 0.2) is 11.6 Å². The van der Waals surface area contributed by atoms with Gasteiger partial charge in [0.05, 0.1) is 11.9 Å². The first-order chi connectivity index (χ1) is 15.0. The van der Waals surface area contributed by atoms with Gasteiger partial charge in [0.1, 0.15) is 17.0 Å². The summed E-state index contributed by atoms with van der Waals surface area (Å²) in [5, 5.41) is 9.35. The molecule has 3 heterocycles. The van der Waals surface area contributed by atoms with E-state index < -0.39 is 0 Å². The molecule has 0 amide bonds. The lowest BCUT2D eigenvalue weighted by Crippen LogP contribution is -2.42. The number of nitrogens with zero attached hydrogens (tertiary/aromatic N) is 4. The SMILES string of the molecule is CC1CN(c2cnc(C(=N)c3ccc(OSF)c4ncccc34)c(N)n2)CCC1CN. The molecular formula is C21H24FN7OS. The summed E-state index contributed by atoms with van der Waals surface area (Å²) in [7, 11) is 0. The Kier molecular flexibility index (Phi) is 6.19. The van der Waals surface area contributed by atoms with Gasteiger partial charge in [-0.3, -0.25) is 10.4 Å². The van der Waals surface area contributed by atoms with Crippen LogP contribution in [0.3, 0.4) is 0 Å². The molecule has 2 aromatic heterocycles. The molecule has 0 aliphatic carbocycles. The van der Waals surface area contributed by atoms with E-state index in [0.717, 1.165) is 19.5 Å². The number of halogens is 1. The van der Waals surface area contributed by atoms with Crippen molar-refractivity contribution in [2.24, 2.45) is 17.6 Å². The third-order valence-corrected chi connectivity index (χ3v) is 6.10. The molecule has 0 bridgehead atoms. The zero-order valence-corrected chi connectivity index (χ0v) is 17.9. The highest BCUT2D eigenvalue weighted by Crippen LogP contribution is 2.31. The molecule has 0 saturated carbocycles. The van der Waals surface area contributed by atoms with Gasteiger partial charge < -0.3 is 20.6 Å². The summed E-state index contributed by atoms with van der Waals surface area (Å²) < 4.78 is 17.6. The highest BCUT2D eigenvalue weighted by Gasteiger charge is 2.26. The lowest BCUT2D eigenvalue weighted by atomic mass is 9.87. The molecule has 31 heavy (non-hydrogen) atoms. The zero-order chi connectivity index (χ0) is 22.0. The Balaban J connectivity index is 1.64. The molecule has 162 valence electrons. The zero-order valence-electron chi connectivity index (χ0n) is 17.1. The predicted octanol–water partition coefficient (Wildman–Crippen LogP) is 3.36. The number of rotatable bonds is 6. The minimum atomic E-state index is -0.248. The number of hydrogen-bond donors (Lipinski definition) is 3. The number of anilines is 2. The average Bonchev–Trinajstić information content (AvgIpc) is 2.79. The highest BCUT2D eigenvalue weighted by molar-refractivity contribution is 7.89. The topological polar surface area (TPSA) is 127 Å². The smallest absolute Gasteiger partial charge is 0.272 e. The minimum Gasteiger partial charge on any atom is -0.395 e. The third-order valence-electron chi connectivity index (χ3n) is 5.86. The standard InChI is InChI=1S/C21H24FN7OS/c1-12-11-29(8-6-13(12)9-23)17-10-27-20(21(25)28-17)18(24)14-4-5-16(30-31-22)19-15(14)3-2-7-26-19/h2-5,7,10,12-13,24H,6,8-9,11,23H2,1H3,(H2,25,28). The molecule has 2 atom stereocenters. The van der Waals surface area contributed by atoms with Crippen molar-refractivity contribution in [2.45, 2.75) is 13.3 Å². The van der Waals surface area contributed by atoms with Gasteiger partial charge in [-0.2, -0.15) is 0 Å². The van der Waals surface area contributed by atoms with Crippen LogP contribution in [-0.2, 0) is 0 Å². The quantitative estimate of drug-likeness (QED) is 0.393. The van der Waals surface area contributed by atoms with E-state index in [4.69, 9.17) is 21.1 Å². The van der Waals surface area contributed by atoms with Gasteiger partial charge in [0.2, 0.25) is 0 Å². The molecule has 2 unspecified atom stereocenters. The van der Waals surface area contributed by atoms with Gasteiger partial charge in [-0.05, 0) is 43.0 Å². The van der Waals surface area contributed by atoms with Crippen molar-refractivity contribution in [1.82, 2.24) is 15.0 Å². The van der Waals surface area contributed by atoms with Gasteiger partial charge in [-0.15, -0.1) is 3.89 Å². The lowest BCUT2D eigenvalue weighted by Gasteiger charge is -2.37. The molecule has 1 aliphatic rings. The molecule has 8 nitrogen and oxygen atoms in total. The Morgan fingerprint density at radius 3 is 2.90 bits per heavy atom. The van der Waals surface area contributed by atoms with Gasteiger partial charge in [0.25, 0.3) is 12.4 Å². The summed E-state index contributed by atoms with van der Waals surface area (Å²) in [4.78, 5) is 15.4. The Hall–Kier alpha value is -2.98. The van der Waals surface area contributed by atoms with Crippen molar-refractivity contribution in [3.05, 3.63) is 47.9 Å². The maximum absolute atomic E-state index is 12.6. The maximum atomic E-state index is 12.6. The van der Waals surface area contributed by atoms with Crippen LogP contribution in [-0.4, -0.2) is 40.3 Å². The van der Waals surface area contributed by atoms with Gasteiger partial charge in [-0.25, -0.2) is 9.97 Å². The number of nitrogens with two attached hydrogens (primary N) is 2. The van der Waals surface area contributed by atoms with E-state index in [1.165, 1.54) is 0 Å². The van der Waals surface area contributed by atoms with Crippen molar-refractivity contribution in [3.63, 3.8) is 0 Å². The first-order valence-corrected chi connectivity index (χ1v) is 10.7. The number of piperidine rings is 1. The molecule has 10 heteroatoms. The molecule has 5 N–H and O–H groups in total. The Bertz CT molecular complexity index is 1110. The second kappa shape index (κ2) is 9.03. The van der Waals surface area contributed by atoms with E-state index in [1.807, 2.05) is 0 Å². The molecule has 4 rings (SSSR count). The second-order valence-electron chi connectivity index (χ2n) is 7.70. The number of hydrogen-bond acceptors (Lipinski definition) is 9. The fraction of sp³-hybridized carbons (Fsp3) is 0.333. The summed E-state index contributed by atoms with van der Waals surface area (Å²) >= 11 is -0.248. The average molecular weight is 442 g/mol. The lowest BCUT2D eigenvalue weighted by molar-refractivity contribution is 0.306. The summed E-state index contributed by atoms with van der Waals surface area (Å²) in [6.07, 6.45) is 4.25. The monoisotopic (exact) mass is 441 g/mol. The van der Waals surface area contributed by atoms with E-state index in [2.05, 4.69) is 26.8 Å². The number of aromatic nitrogens is 3. The molecule has 0 radical (unpaired) electrons. The third kappa shape index (κ3) is 4.13. The summed E-state index contributed by atoms with van der Waals surface area (Å²) in [5.41, 5.74) is 13.5. The van der Waals surface area contributed by atoms with Crippen molar-refractivity contribution in [2.75, 3.05) is 30.3 Å². The molecule has 3 aromatic rings. The first kappa shape index (κ1) is 21.3. The van der Waals surface area contributed by atoms with Crippen LogP contribution in [0.5, 0.6) is 5.75 Å². The summed E-state index contributed by atoms with van der Waals surface area (Å²) in [6.45, 7) is 4.58. The van der Waals surface area contributed by atoms with Crippen LogP contribution in [0.15, 0.2) is 36.7 Å². The van der Waals surface area contributed by atoms with Crippen LogP contribution in [0.4, 0.5) is 15.5 Å². The molecule has 1 fully saturated rings. The van der Waals surface area contributed by atoms with Crippen molar-refractivity contribution < 1.29 is 8.07 Å². The van der Waals surface area contributed by atoms with Crippen molar-refractivity contribution in [3.8, 4) is 5.75 Å². The number of pyridine rings is 1.